The number of rotatable bonds is 9. The van der Waals surface area contributed by atoms with E-state index in [1.165, 1.54) is 25.3 Å². The molecule has 3 rings (SSSR count). The van der Waals surface area contributed by atoms with Gasteiger partial charge in [0.25, 0.3) is 5.91 Å². The first-order valence-electron chi connectivity index (χ1n) is 11.3. The van der Waals surface area contributed by atoms with E-state index < -0.39 is 53.3 Å². The molecule has 1 aliphatic rings. The lowest BCUT2D eigenvalue weighted by Gasteiger charge is -2.26. The number of hydrogen-bond acceptors (Lipinski definition) is 7. The van der Waals surface area contributed by atoms with Crippen LogP contribution in [0.5, 0.6) is 0 Å². The number of anilines is 1. The van der Waals surface area contributed by atoms with Gasteiger partial charge in [-0.2, -0.15) is 0 Å². The van der Waals surface area contributed by atoms with Crippen molar-refractivity contribution < 1.29 is 24.0 Å². The molecule has 2 aromatic rings. The van der Waals surface area contributed by atoms with Gasteiger partial charge < -0.3 is 16.4 Å². The van der Waals surface area contributed by atoms with Gasteiger partial charge in [-0.25, -0.2) is 4.98 Å². The summed E-state index contributed by atoms with van der Waals surface area (Å²) in [5.41, 5.74) is 6.56. The summed E-state index contributed by atoms with van der Waals surface area (Å²) in [5.74, 6) is -4.62. The number of Topliss-reactive ketones (excluding diaryl/α,β-unsaturated/α-hetero) is 1. The molecule has 0 saturated carbocycles. The molecular formula is C25H29N5O5. The van der Waals surface area contributed by atoms with Crippen LogP contribution in [0, 0.1) is 17.8 Å². The van der Waals surface area contributed by atoms with Crippen molar-refractivity contribution in [1.82, 2.24) is 20.9 Å². The predicted octanol–water partition coefficient (Wildman–Crippen LogP) is 1.14. The van der Waals surface area contributed by atoms with Crippen LogP contribution in [0.25, 0.3) is 0 Å². The minimum Gasteiger partial charge on any atom is -0.384 e. The number of nitrogens with zero attached hydrogens (tertiary/aromatic N) is 1. The van der Waals surface area contributed by atoms with Gasteiger partial charge in [-0.05, 0) is 23.6 Å². The summed E-state index contributed by atoms with van der Waals surface area (Å²) >= 11 is 0. The second kappa shape index (κ2) is 10.9. The highest BCUT2D eigenvalue weighted by Crippen LogP contribution is 2.24. The minimum atomic E-state index is -1.15. The molecule has 4 amide bonds. The molecule has 5 N–H and O–H groups in total. The third kappa shape index (κ3) is 6.08. The van der Waals surface area contributed by atoms with E-state index in [9.17, 15) is 24.0 Å². The Hall–Kier alpha value is -4.08. The number of nitrogens with two attached hydrogens (primary N) is 1. The molecule has 0 unspecified atom stereocenters. The van der Waals surface area contributed by atoms with Crippen molar-refractivity contribution in [2.75, 3.05) is 5.73 Å². The maximum atomic E-state index is 13.1. The second-order valence-electron chi connectivity index (χ2n) is 8.92. The number of pyridine rings is 1. The highest BCUT2D eigenvalue weighted by Gasteiger charge is 2.46. The zero-order valence-corrected chi connectivity index (χ0v) is 19.8. The zero-order valence-electron chi connectivity index (χ0n) is 19.8. The Bertz CT molecular complexity index is 1120. The molecule has 0 aliphatic carbocycles. The van der Waals surface area contributed by atoms with Crippen molar-refractivity contribution >= 4 is 35.2 Å². The molecule has 184 valence electrons. The number of benzene rings is 1. The second-order valence-corrected chi connectivity index (χ2v) is 8.92. The van der Waals surface area contributed by atoms with Crippen LogP contribution in [0.4, 0.5) is 5.82 Å². The SMILES string of the molecule is CC(C)[C@H](NC(=O)C[C@H](NC(=O)c1ccc(N)nc1)c1ccccc1)C(=O)[C@@H]1C(=O)NC(=O)[C@H]1C. The number of aromatic nitrogens is 1. The molecular weight excluding hydrogens is 450 g/mol. The Kier molecular flexibility index (Phi) is 7.95. The Morgan fingerprint density at radius 1 is 1.03 bits per heavy atom. The lowest BCUT2D eigenvalue weighted by Crippen LogP contribution is -2.49. The molecule has 1 saturated heterocycles. The standard InChI is InChI=1S/C25H29N5O5/c1-13(2)21(22(32)20-14(3)23(33)30-25(20)35)29-19(31)11-17(15-7-5-4-6-8-15)28-24(34)16-9-10-18(26)27-12-16/h4-10,12-14,17,20-21H,11H2,1-3H3,(H2,26,27)(H,28,34)(H,29,31)(H,30,33,35)/t14-,17-,20+,21-/m0/s1. The van der Waals surface area contributed by atoms with Crippen molar-refractivity contribution in [3.63, 3.8) is 0 Å². The number of amides is 4. The summed E-state index contributed by atoms with van der Waals surface area (Å²) in [6.45, 7) is 4.99. The molecule has 10 heteroatoms. The van der Waals surface area contributed by atoms with Crippen LogP contribution >= 0.6 is 0 Å². The molecule has 0 spiro atoms. The van der Waals surface area contributed by atoms with Gasteiger partial charge in [-0.3, -0.25) is 29.3 Å². The highest BCUT2D eigenvalue weighted by molar-refractivity contribution is 6.16. The quantitative estimate of drug-likeness (QED) is 0.310. The fourth-order valence-electron chi connectivity index (χ4n) is 3.96. The smallest absolute Gasteiger partial charge is 0.253 e. The average molecular weight is 480 g/mol. The van der Waals surface area contributed by atoms with Crippen molar-refractivity contribution in [3.8, 4) is 0 Å². The number of hydrogen-bond donors (Lipinski definition) is 4. The van der Waals surface area contributed by atoms with E-state index in [0.29, 0.717) is 5.56 Å². The van der Waals surface area contributed by atoms with Gasteiger partial charge in [0.2, 0.25) is 17.7 Å². The van der Waals surface area contributed by atoms with Crippen LogP contribution in [-0.4, -0.2) is 40.4 Å². The Morgan fingerprint density at radius 2 is 1.71 bits per heavy atom. The summed E-state index contributed by atoms with van der Waals surface area (Å²) in [5, 5.41) is 7.71. The average Bonchev–Trinajstić information content (AvgIpc) is 3.08. The molecule has 2 heterocycles. The molecule has 1 aromatic carbocycles. The van der Waals surface area contributed by atoms with Crippen LogP contribution in [0.3, 0.4) is 0 Å². The van der Waals surface area contributed by atoms with Crippen LogP contribution in [0.2, 0.25) is 0 Å². The first-order valence-corrected chi connectivity index (χ1v) is 11.3. The van der Waals surface area contributed by atoms with E-state index in [4.69, 9.17) is 5.73 Å². The van der Waals surface area contributed by atoms with Gasteiger partial charge in [0.05, 0.1) is 30.0 Å². The van der Waals surface area contributed by atoms with Crippen LogP contribution in [-0.2, 0) is 19.2 Å². The molecule has 0 bridgehead atoms. The van der Waals surface area contributed by atoms with Gasteiger partial charge in [0, 0.05) is 6.20 Å². The van der Waals surface area contributed by atoms with Crippen molar-refractivity contribution in [2.45, 2.75) is 39.3 Å². The third-order valence-corrected chi connectivity index (χ3v) is 5.98. The van der Waals surface area contributed by atoms with Crippen LogP contribution in [0.1, 0.15) is 49.2 Å². The van der Waals surface area contributed by atoms with E-state index in [0.717, 1.165) is 0 Å². The van der Waals surface area contributed by atoms with Crippen molar-refractivity contribution in [3.05, 3.63) is 59.8 Å². The van der Waals surface area contributed by atoms with E-state index in [1.54, 1.807) is 38.1 Å². The van der Waals surface area contributed by atoms with E-state index in [-0.39, 0.29) is 23.7 Å². The molecule has 10 nitrogen and oxygen atoms in total. The van der Waals surface area contributed by atoms with Crippen molar-refractivity contribution in [2.24, 2.45) is 17.8 Å². The zero-order chi connectivity index (χ0) is 25.7. The van der Waals surface area contributed by atoms with Crippen LogP contribution in [0.15, 0.2) is 48.7 Å². The normalized spacial score (nSPS) is 19.1. The number of ketones is 1. The maximum Gasteiger partial charge on any atom is 0.253 e. The fourth-order valence-corrected chi connectivity index (χ4v) is 3.96. The van der Waals surface area contributed by atoms with Gasteiger partial charge in [-0.1, -0.05) is 51.1 Å². The number of carbonyl (C=O) groups excluding carboxylic acids is 5. The van der Waals surface area contributed by atoms with Crippen LogP contribution < -0.4 is 21.7 Å². The summed E-state index contributed by atoms with van der Waals surface area (Å²) in [6.07, 6.45) is 1.19. The maximum absolute atomic E-state index is 13.1. The molecule has 1 fully saturated rings. The van der Waals surface area contributed by atoms with E-state index >= 15 is 0 Å². The monoisotopic (exact) mass is 479 g/mol. The van der Waals surface area contributed by atoms with E-state index in [2.05, 4.69) is 20.9 Å². The highest BCUT2D eigenvalue weighted by atomic mass is 16.2. The van der Waals surface area contributed by atoms with Crippen molar-refractivity contribution in [1.29, 1.82) is 0 Å². The van der Waals surface area contributed by atoms with Gasteiger partial charge in [0.1, 0.15) is 11.7 Å². The van der Waals surface area contributed by atoms with Gasteiger partial charge in [0.15, 0.2) is 5.78 Å². The first kappa shape index (κ1) is 25.5. The lowest BCUT2D eigenvalue weighted by molar-refractivity contribution is -0.137. The summed E-state index contributed by atoms with van der Waals surface area (Å²) in [6, 6.07) is 10.3. The molecule has 4 atom stereocenters. The van der Waals surface area contributed by atoms with Gasteiger partial charge >= 0.3 is 0 Å². The summed E-state index contributed by atoms with van der Waals surface area (Å²) in [7, 11) is 0. The molecule has 0 radical (unpaired) electrons. The Balaban J connectivity index is 1.76. The number of nitrogens with one attached hydrogen (secondary N) is 3. The first-order chi connectivity index (χ1) is 16.6. The Morgan fingerprint density at radius 3 is 2.26 bits per heavy atom. The summed E-state index contributed by atoms with van der Waals surface area (Å²) < 4.78 is 0. The summed E-state index contributed by atoms with van der Waals surface area (Å²) in [4.78, 5) is 66.9. The third-order valence-electron chi connectivity index (χ3n) is 5.98. The molecule has 1 aliphatic heterocycles. The number of imide groups is 1. The molecule has 35 heavy (non-hydrogen) atoms. The Labute approximate surface area is 203 Å². The predicted molar refractivity (Wildman–Crippen MR) is 127 cm³/mol. The minimum absolute atomic E-state index is 0.153. The van der Waals surface area contributed by atoms with E-state index in [1.807, 2.05) is 6.07 Å². The lowest BCUT2D eigenvalue weighted by atomic mass is 9.85. The largest absolute Gasteiger partial charge is 0.384 e. The fraction of sp³-hybridized carbons (Fsp3) is 0.360. The van der Waals surface area contributed by atoms with Gasteiger partial charge in [-0.15, -0.1) is 0 Å². The molecule has 1 aromatic heterocycles. The number of nitrogen functional groups attached to an aromatic ring is 1. The number of carbonyl (C=O) groups is 5. The topological polar surface area (TPSA) is 160 Å².